The van der Waals surface area contributed by atoms with Gasteiger partial charge in [0.2, 0.25) is 5.89 Å². The first-order valence-electron chi connectivity index (χ1n) is 9.30. The van der Waals surface area contributed by atoms with Gasteiger partial charge in [-0.1, -0.05) is 17.3 Å². The molecule has 5 rings (SSSR count). The molecule has 1 aliphatic heterocycles. The van der Waals surface area contributed by atoms with E-state index in [2.05, 4.69) is 38.0 Å². The number of aromatic nitrogens is 5. The smallest absolute Gasteiger partial charge is 0.246 e. The van der Waals surface area contributed by atoms with E-state index in [1.54, 1.807) is 11.3 Å². The van der Waals surface area contributed by atoms with Crippen LogP contribution in [-0.4, -0.2) is 56.3 Å². The first kappa shape index (κ1) is 20.0. The van der Waals surface area contributed by atoms with Crippen LogP contribution in [0.5, 0.6) is 0 Å². The fourth-order valence-corrected chi connectivity index (χ4v) is 4.42. The van der Waals surface area contributed by atoms with Crippen LogP contribution in [0.3, 0.4) is 0 Å². The van der Waals surface area contributed by atoms with E-state index in [9.17, 15) is 0 Å². The van der Waals surface area contributed by atoms with Crippen molar-refractivity contribution in [1.29, 1.82) is 0 Å². The quantitative estimate of drug-likeness (QED) is 0.531. The number of nitrogens with zero attached hydrogens (tertiary/aromatic N) is 6. The van der Waals surface area contributed by atoms with Gasteiger partial charge in [0.05, 0.1) is 33.2 Å². The van der Waals surface area contributed by atoms with E-state index >= 15 is 0 Å². The monoisotopic (exact) mass is 431 g/mol. The van der Waals surface area contributed by atoms with E-state index in [0.717, 1.165) is 52.9 Å². The normalized spacial score (nSPS) is 17.5. The van der Waals surface area contributed by atoms with Gasteiger partial charge in [-0.3, -0.25) is 4.90 Å². The third-order valence-electron chi connectivity index (χ3n) is 5.19. The van der Waals surface area contributed by atoms with E-state index in [1.165, 1.54) is 0 Å². The summed E-state index contributed by atoms with van der Waals surface area (Å²) in [7, 11) is 2.09. The number of halogens is 1. The number of nitrogens with one attached hydrogen (secondary N) is 1. The van der Waals surface area contributed by atoms with Crippen LogP contribution in [0.4, 0.5) is 0 Å². The van der Waals surface area contributed by atoms with E-state index in [-0.39, 0.29) is 18.4 Å². The Morgan fingerprint density at radius 3 is 2.93 bits per heavy atom. The highest BCUT2D eigenvalue weighted by Gasteiger charge is 2.26. The summed E-state index contributed by atoms with van der Waals surface area (Å²) in [5.74, 6) is 2.20. The Labute approximate surface area is 178 Å². The minimum Gasteiger partial charge on any atom is -0.337 e. The molecule has 1 fully saturated rings. The van der Waals surface area contributed by atoms with Crippen molar-refractivity contribution in [3.8, 4) is 10.7 Å². The molecule has 1 aromatic carbocycles. The highest BCUT2D eigenvalue weighted by molar-refractivity contribution is 7.13. The summed E-state index contributed by atoms with van der Waals surface area (Å²) in [6.45, 7) is 5.26. The molecule has 1 unspecified atom stereocenters. The Morgan fingerprint density at radius 2 is 2.14 bits per heavy atom. The first-order valence-corrected chi connectivity index (χ1v) is 10.2. The zero-order valence-electron chi connectivity index (χ0n) is 16.2. The maximum Gasteiger partial charge on any atom is 0.246 e. The summed E-state index contributed by atoms with van der Waals surface area (Å²) in [5, 5.41) is 7.64. The predicted molar refractivity (Wildman–Crippen MR) is 114 cm³/mol. The van der Waals surface area contributed by atoms with Crippen molar-refractivity contribution >= 4 is 34.8 Å². The summed E-state index contributed by atoms with van der Waals surface area (Å²) in [6.07, 6.45) is 0. The third-order valence-corrected chi connectivity index (χ3v) is 6.11. The Kier molecular flexibility index (Phi) is 5.64. The molecule has 1 atom stereocenters. The van der Waals surface area contributed by atoms with Crippen LogP contribution in [-0.2, 0) is 6.54 Å². The SMILES string of the molecule is Cc1ncsc1-c1nc2ccccc2n1Cc1nc(C2CNCCN2C)no1.Cl. The number of likely N-dealkylation sites (N-methyl/N-ethyl adjacent to an activating group) is 1. The molecule has 0 bridgehead atoms. The predicted octanol–water partition coefficient (Wildman–Crippen LogP) is 2.90. The molecule has 0 amide bonds. The van der Waals surface area contributed by atoms with Crippen molar-refractivity contribution in [2.24, 2.45) is 0 Å². The van der Waals surface area contributed by atoms with Crippen molar-refractivity contribution < 1.29 is 4.52 Å². The second-order valence-corrected chi connectivity index (χ2v) is 7.88. The number of imidazole rings is 1. The van der Waals surface area contributed by atoms with Crippen LogP contribution in [0.25, 0.3) is 21.7 Å². The summed E-state index contributed by atoms with van der Waals surface area (Å²) in [6, 6.07) is 8.24. The fourth-order valence-electron chi connectivity index (χ4n) is 3.62. The molecule has 1 N–H and O–H groups in total. The van der Waals surface area contributed by atoms with Gasteiger partial charge < -0.3 is 14.4 Å². The molecule has 29 heavy (non-hydrogen) atoms. The average Bonchev–Trinajstić information content (AvgIpc) is 3.42. The van der Waals surface area contributed by atoms with Gasteiger partial charge in [-0.05, 0) is 26.1 Å². The first-order chi connectivity index (χ1) is 13.7. The van der Waals surface area contributed by atoms with Gasteiger partial charge in [0.1, 0.15) is 6.54 Å². The molecule has 1 saturated heterocycles. The average molecular weight is 432 g/mol. The third kappa shape index (κ3) is 3.66. The van der Waals surface area contributed by atoms with Crippen molar-refractivity contribution in [1.82, 2.24) is 34.9 Å². The molecular weight excluding hydrogens is 410 g/mol. The lowest BCUT2D eigenvalue weighted by molar-refractivity contribution is 0.190. The van der Waals surface area contributed by atoms with E-state index in [4.69, 9.17) is 14.5 Å². The second-order valence-electron chi connectivity index (χ2n) is 7.02. The molecule has 1 aliphatic rings. The molecular formula is C19H22ClN7OS. The summed E-state index contributed by atoms with van der Waals surface area (Å²) < 4.78 is 7.75. The highest BCUT2D eigenvalue weighted by Crippen LogP contribution is 2.30. The van der Waals surface area contributed by atoms with Crippen LogP contribution in [0.15, 0.2) is 34.3 Å². The van der Waals surface area contributed by atoms with Crippen LogP contribution in [0.2, 0.25) is 0 Å². The molecule has 4 aromatic rings. The Bertz CT molecular complexity index is 1120. The van der Waals surface area contributed by atoms with Gasteiger partial charge in [0, 0.05) is 19.6 Å². The fraction of sp³-hybridized carbons (Fsp3) is 0.368. The topological polar surface area (TPSA) is 84.9 Å². The van der Waals surface area contributed by atoms with E-state index < -0.39 is 0 Å². The van der Waals surface area contributed by atoms with Crippen LogP contribution < -0.4 is 5.32 Å². The van der Waals surface area contributed by atoms with Gasteiger partial charge in [-0.25, -0.2) is 9.97 Å². The number of piperazine rings is 1. The van der Waals surface area contributed by atoms with Gasteiger partial charge >= 0.3 is 0 Å². The van der Waals surface area contributed by atoms with Crippen molar-refractivity contribution in [3.63, 3.8) is 0 Å². The van der Waals surface area contributed by atoms with E-state index in [0.29, 0.717) is 12.4 Å². The van der Waals surface area contributed by atoms with E-state index in [1.807, 2.05) is 30.6 Å². The number of hydrogen-bond donors (Lipinski definition) is 1. The maximum atomic E-state index is 5.61. The Hall–Kier alpha value is -2.33. The highest BCUT2D eigenvalue weighted by atomic mass is 35.5. The molecule has 3 aromatic heterocycles. The van der Waals surface area contributed by atoms with Crippen molar-refractivity contribution in [3.05, 3.63) is 47.2 Å². The molecule has 10 heteroatoms. The number of benzene rings is 1. The molecule has 8 nitrogen and oxygen atoms in total. The van der Waals surface area contributed by atoms with Gasteiger partial charge in [0.25, 0.3) is 0 Å². The summed E-state index contributed by atoms with van der Waals surface area (Å²) >= 11 is 1.59. The van der Waals surface area contributed by atoms with Crippen molar-refractivity contribution in [2.45, 2.75) is 19.5 Å². The number of fused-ring (bicyclic) bond motifs is 1. The number of aryl methyl sites for hydroxylation is 1. The van der Waals surface area contributed by atoms with Gasteiger partial charge in [0.15, 0.2) is 11.6 Å². The zero-order chi connectivity index (χ0) is 19.1. The molecule has 4 heterocycles. The maximum absolute atomic E-state index is 5.61. The van der Waals surface area contributed by atoms with Crippen LogP contribution in [0, 0.1) is 6.92 Å². The lowest BCUT2D eigenvalue weighted by Crippen LogP contribution is -2.44. The minimum absolute atomic E-state index is 0. The molecule has 0 radical (unpaired) electrons. The number of hydrogen-bond acceptors (Lipinski definition) is 8. The van der Waals surface area contributed by atoms with Crippen LogP contribution in [0.1, 0.15) is 23.5 Å². The molecule has 0 spiro atoms. The van der Waals surface area contributed by atoms with Gasteiger partial charge in [-0.15, -0.1) is 23.7 Å². The molecule has 152 valence electrons. The second kappa shape index (κ2) is 8.19. The number of thiazole rings is 1. The molecule has 0 aliphatic carbocycles. The largest absolute Gasteiger partial charge is 0.337 e. The van der Waals surface area contributed by atoms with Gasteiger partial charge in [-0.2, -0.15) is 4.98 Å². The molecule has 0 saturated carbocycles. The van der Waals surface area contributed by atoms with Crippen LogP contribution >= 0.6 is 23.7 Å². The van der Waals surface area contributed by atoms with Crippen molar-refractivity contribution in [2.75, 3.05) is 26.7 Å². The standard InChI is InChI=1S/C19H21N7OS.ClH/c1-12-17(28-11-21-12)19-22-13-5-3-4-6-14(13)26(19)10-16-23-18(24-27-16)15-9-20-7-8-25(15)2;/h3-6,11,15,20H,7-10H2,1-2H3;1H. The Balaban J connectivity index is 0.00000205. The lowest BCUT2D eigenvalue weighted by Gasteiger charge is -2.30. The minimum atomic E-state index is 0. The summed E-state index contributed by atoms with van der Waals surface area (Å²) in [5.41, 5.74) is 4.82. The lowest BCUT2D eigenvalue weighted by atomic mass is 10.2. The number of para-hydroxylation sites is 2. The zero-order valence-corrected chi connectivity index (χ0v) is 17.8. The summed E-state index contributed by atoms with van der Waals surface area (Å²) in [4.78, 5) is 17.2. The Morgan fingerprint density at radius 1 is 1.28 bits per heavy atom. The number of rotatable bonds is 4.